The van der Waals surface area contributed by atoms with E-state index in [9.17, 15) is 4.79 Å². The summed E-state index contributed by atoms with van der Waals surface area (Å²) in [4.78, 5) is 12.5. The third-order valence-corrected chi connectivity index (χ3v) is 5.48. The molecular formula is C24H20N4O2. The lowest BCUT2D eigenvalue weighted by Crippen LogP contribution is -2.18. The molecule has 0 unspecified atom stereocenters. The van der Waals surface area contributed by atoms with E-state index in [1.54, 1.807) is 19.4 Å². The van der Waals surface area contributed by atoms with Crippen molar-refractivity contribution in [3.63, 3.8) is 0 Å². The van der Waals surface area contributed by atoms with E-state index in [4.69, 9.17) is 4.74 Å². The minimum absolute atomic E-state index is 0.352. The highest BCUT2D eigenvalue weighted by molar-refractivity contribution is 6.02. The van der Waals surface area contributed by atoms with E-state index < -0.39 is 0 Å². The van der Waals surface area contributed by atoms with Gasteiger partial charge in [0.05, 0.1) is 19.0 Å². The fourth-order valence-electron chi connectivity index (χ4n) is 4.04. The molecule has 30 heavy (non-hydrogen) atoms. The zero-order valence-corrected chi connectivity index (χ0v) is 16.5. The molecule has 5 rings (SSSR count). The van der Waals surface area contributed by atoms with Gasteiger partial charge in [0.25, 0.3) is 5.91 Å². The molecule has 0 bridgehead atoms. The average molecular weight is 396 g/mol. The number of aromatic nitrogens is 2. The molecule has 0 atom stereocenters. The number of hydrogen-bond acceptors (Lipinski definition) is 4. The van der Waals surface area contributed by atoms with Gasteiger partial charge in [0.2, 0.25) is 0 Å². The first kappa shape index (κ1) is 18.1. The second-order valence-corrected chi connectivity index (χ2v) is 7.22. The van der Waals surface area contributed by atoms with Crippen LogP contribution in [0.5, 0.6) is 5.75 Å². The number of methoxy groups -OCH3 is 1. The van der Waals surface area contributed by atoms with Gasteiger partial charge in [0.15, 0.2) is 0 Å². The molecule has 0 radical (unpaired) electrons. The number of carbonyl (C=O) groups excluding carboxylic acids is 1. The quantitative estimate of drug-likeness (QED) is 0.394. The van der Waals surface area contributed by atoms with Gasteiger partial charge in [0.1, 0.15) is 11.4 Å². The van der Waals surface area contributed by atoms with Crippen LogP contribution in [0.3, 0.4) is 0 Å². The van der Waals surface area contributed by atoms with Crippen LogP contribution in [0.15, 0.2) is 65.8 Å². The van der Waals surface area contributed by atoms with Gasteiger partial charge in [-0.25, -0.2) is 5.43 Å². The van der Waals surface area contributed by atoms with E-state index in [1.807, 2.05) is 24.3 Å². The summed E-state index contributed by atoms with van der Waals surface area (Å²) < 4.78 is 5.28. The number of nitrogens with zero attached hydrogens (tertiary/aromatic N) is 2. The summed E-state index contributed by atoms with van der Waals surface area (Å²) in [6.07, 6.45) is 3.71. The Kier molecular flexibility index (Phi) is 4.52. The molecule has 2 N–H and O–H groups in total. The highest BCUT2D eigenvalue weighted by Crippen LogP contribution is 2.36. The standard InChI is InChI=1S/C24H20N4O2/c1-30-22-8-3-2-5-17(22)14-25-28-24(29)21-13-20(26-27-21)18-12-11-16-10-9-15-6-4-7-19(18)23(15)16/h2-8,11-14H,9-10H2,1H3,(H,26,27)(H,28,29). The van der Waals surface area contributed by atoms with E-state index in [-0.39, 0.29) is 5.91 Å². The topological polar surface area (TPSA) is 79.4 Å². The van der Waals surface area contributed by atoms with Crippen LogP contribution in [0.2, 0.25) is 0 Å². The smallest absolute Gasteiger partial charge is 0.289 e. The lowest BCUT2D eigenvalue weighted by atomic mass is 9.98. The molecule has 6 nitrogen and oxygen atoms in total. The van der Waals surface area contributed by atoms with Gasteiger partial charge in [-0.1, -0.05) is 42.5 Å². The van der Waals surface area contributed by atoms with Gasteiger partial charge in [-0.15, -0.1) is 0 Å². The van der Waals surface area contributed by atoms with Gasteiger partial charge < -0.3 is 4.74 Å². The van der Waals surface area contributed by atoms with Crippen molar-refractivity contribution in [2.75, 3.05) is 7.11 Å². The number of aromatic amines is 1. The summed E-state index contributed by atoms with van der Waals surface area (Å²) in [5.41, 5.74) is 8.18. The Morgan fingerprint density at radius 1 is 1.10 bits per heavy atom. The number of ether oxygens (including phenoxy) is 1. The van der Waals surface area contributed by atoms with Crippen LogP contribution >= 0.6 is 0 Å². The Labute approximate surface area is 173 Å². The second kappa shape index (κ2) is 7.48. The lowest BCUT2D eigenvalue weighted by Gasteiger charge is -2.06. The maximum absolute atomic E-state index is 12.5. The van der Waals surface area contributed by atoms with Crippen molar-refractivity contribution >= 4 is 22.9 Å². The summed E-state index contributed by atoms with van der Waals surface area (Å²) in [5.74, 6) is 0.331. The molecule has 1 aliphatic rings. The Balaban J connectivity index is 1.38. The largest absolute Gasteiger partial charge is 0.496 e. The van der Waals surface area contributed by atoms with Crippen molar-refractivity contribution < 1.29 is 9.53 Å². The minimum atomic E-state index is -0.356. The summed E-state index contributed by atoms with van der Waals surface area (Å²) in [5, 5.41) is 13.7. The number of benzene rings is 3. The highest BCUT2D eigenvalue weighted by atomic mass is 16.5. The van der Waals surface area contributed by atoms with Gasteiger partial charge in [0, 0.05) is 11.1 Å². The van der Waals surface area contributed by atoms with Gasteiger partial charge in [-0.3, -0.25) is 9.89 Å². The average Bonchev–Trinajstić information content (AvgIpc) is 3.43. The first-order valence-electron chi connectivity index (χ1n) is 9.80. The first-order valence-corrected chi connectivity index (χ1v) is 9.80. The molecular weight excluding hydrogens is 376 g/mol. The molecule has 0 aliphatic heterocycles. The third-order valence-electron chi connectivity index (χ3n) is 5.48. The number of para-hydroxylation sites is 1. The number of hydrogen-bond donors (Lipinski definition) is 2. The Morgan fingerprint density at radius 3 is 2.80 bits per heavy atom. The molecule has 0 fully saturated rings. The number of amides is 1. The van der Waals surface area contributed by atoms with E-state index in [2.05, 4.69) is 51.1 Å². The van der Waals surface area contributed by atoms with Crippen molar-refractivity contribution in [3.8, 4) is 17.0 Å². The predicted molar refractivity (Wildman–Crippen MR) is 117 cm³/mol. The molecule has 1 aliphatic carbocycles. The molecule has 6 heteroatoms. The summed E-state index contributed by atoms with van der Waals surface area (Å²) in [7, 11) is 1.59. The Bertz CT molecular complexity index is 1280. The molecule has 0 spiro atoms. The highest BCUT2D eigenvalue weighted by Gasteiger charge is 2.18. The fourth-order valence-corrected chi connectivity index (χ4v) is 4.04. The molecule has 3 aromatic carbocycles. The van der Waals surface area contributed by atoms with Crippen LogP contribution in [0.4, 0.5) is 0 Å². The van der Waals surface area contributed by atoms with Gasteiger partial charge in [-0.2, -0.15) is 10.2 Å². The van der Waals surface area contributed by atoms with Crippen LogP contribution in [0, 0.1) is 0 Å². The van der Waals surface area contributed by atoms with Gasteiger partial charge in [-0.05, 0) is 52.9 Å². The zero-order chi connectivity index (χ0) is 20.5. The molecule has 4 aromatic rings. The number of rotatable bonds is 5. The van der Waals surface area contributed by atoms with Crippen LogP contribution in [-0.4, -0.2) is 29.4 Å². The third kappa shape index (κ3) is 3.12. The monoisotopic (exact) mass is 396 g/mol. The normalized spacial score (nSPS) is 12.6. The van der Waals surface area contributed by atoms with Crippen molar-refractivity contribution in [2.45, 2.75) is 12.8 Å². The zero-order valence-electron chi connectivity index (χ0n) is 16.5. The second-order valence-electron chi connectivity index (χ2n) is 7.22. The summed E-state index contributed by atoms with van der Waals surface area (Å²) in [6, 6.07) is 19.9. The van der Waals surface area contributed by atoms with Crippen LogP contribution in [-0.2, 0) is 12.8 Å². The van der Waals surface area contributed by atoms with Crippen LogP contribution < -0.4 is 10.2 Å². The number of hydrazone groups is 1. The maximum atomic E-state index is 12.5. The Morgan fingerprint density at radius 2 is 1.93 bits per heavy atom. The molecule has 1 heterocycles. The number of carbonyl (C=O) groups is 1. The van der Waals surface area contributed by atoms with Gasteiger partial charge >= 0.3 is 0 Å². The van der Waals surface area contributed by atoms with E-state index >= 15 is 0 Å². The van der Waals surface area contributed by atoms with E-state index in [0.717, 1.165) is 29.7 Å². The Hall–Kier alpha value is -3.93. The first-order chi connectivity index (χ1) is 14.7. The van der Waals surface area contributed by atoms with Crippen LogP contribution in [0.25, 0.3) is 22.0 Å². The maximum Gasteiger partial charge on any atom is 0.289 e. The van der Waals surface area contributed by atoms with Crippen molar-refractivity contribution in [1.29, 1.82) is 0 Å². The summed E-state index contributed by atoms with van der Waals surface area (Å²) >= 11 is 0. The van der Waals surface area contributed by atoms with E-state index in [0.29, 0.717) is 11.4 Å². The molecule has 1 amide bonds. The minimum Gasteiger partial charge on any atom is -0.496 e. The number of aryl methyl sites for hydroxylation is 2. The van der Waals surface area contributed by atoms with Crippen LogP contribution in [0.1, 0.15) is 27.2 Å². The SMILES string of the molecule is COc1ccccc1C=NNC(=O)c1cc(-c2ccc3c4c(cccc24)CC3)n[nH]1. The fraction of sp³-hybridized carbons (Fsp3) is 0.125. The number of nitrogens with one attached hydrogen (secondary N) is 2. The molecule has 148 valence electrons. The predicted octanol–water partition coefficient (Wildman–Crippen LogP) is 4.10. The van der Waals surface area contributed by atoms with Crippen molar-refractivity contribution in [2.24, 2.45) is 5.10 Å². The van der Waals surface area contributed by atoms with Crippen molar-refractivity contribution in [3.05, 3.63) is 83.0 Å². The summed E-state index contributed by atoms with van der Waals surface area (Å²) in [6.45, 7) is 0. The molecule has 0 saturated carbocycles. The van der Waals surface area contributed by atoms with Crippen molar-refractivity contribution in [1.82, 2.24) is 15.6 Å². The number of H-pyrrole nitrogens is 1. The lowest BCUT2D eigenvalue weighted by molar-refractivity contribution is 0.0950. The molecule has 0 saturated heterocycles. The van der Waals surface area contributed by atoms with E-state index in [1.165, 1.54) is 21.9 Å². The molecule has 1 aromatic heterocycles.